The summed E-state index contributed by atoms with van der Waals surface area (Å²) >= 11 is 0. The maximum atomic E-state index is 11.5. The van der Waals surface area contributed by atoms with Crippen LogP contribution in [0.2, 0.25) is 0 Å². The quantitative estimate of drug-likeness (QED) is 0.474. The van der Waals surface area contributed by atoms with E-state index in [1.54, 1.807) is 29.1 Å². The Balaban J connectivity index is 1.72. The Morgan fingerprint density at radius 1 is 1.00 bits per heavy atom. The van der Waals surface area contributed by atoms with Gasteiger partial charge in [0.2, 0.25) is 0 Å². The van der Waals surface area contributed by atoms with E-state index in [2.05, 4.69) is 10.1 Å². The van der Waals surface area contributed by atoms with Crippen LogP contribution in [0.15, 0.2) is 60.8 Å². The minimum absolute atomic E-state index is 0.203. The Labute approximate surface area is 168 Å². The van der Waals surface area contributed by atoms with Gasteiger partial charge in [-0.3, -0.25) is 9.78 Å². The number of hydrogen-bond acceptors (Lipinski definition) is 5. The third kappa shape index (κ3) is 4.00. The Morgan fingerprint density at radius 2 is 1.86 bits per heavy atom. The van der Waals surface area contributed by atoms with Gasteiger partial charge in [-0.1, -0.05) is 24.3 Å². The summed E-state index contributed by atoms with van der Waals surface area (Å²) in [6.07, 6.45) is 4.71. The predicted octanol–water partition coefficient (Wildman–Crippen LogP) is 2.86. The van der Waals surface area contributed by atoms with Crippen LogP contribution in [-0.4, -0.2) is 32.2 Å². The van der Waals surface area contributed by atoms with Crippen LogP contribution in [0.3, 0.4) is 0 Å². The van der Waals surface area contributed by atoms with Gasteiger partial charge in [0.1, 0.15) is 5.69 Å². The summed E-state index contributed by atoms with van der Waals surface area (Å²) in [5.41, 5.74) is 15.0. The predicted molar refractivity (Wildman–Crippen MR) is 113 cm³/mol. The van der Waals surface area contributed by atoms with Gasteiger partial charge in [-0.2, -0.15) is 5.10 Å². The number of carbonyl (C=O) groups is 1. The molecular formula is C22H22N6O. The number of aryl methyl sites for hydroxylation is 1. The van der Waals surface area contributed by atoms with Crippen molar-refractivity contribution in [3.63, 3.8) is 0 Å². The van der Waals surface area contributed by atoms with Crippen LogP contribution < -0.4 is 11.5 Å². The number of nitrogens with zero attached hydrogens (tertiary/aromatic N) is 4. The first-order chi connectivity index (χ1) is 14.2. The van der Waals surface area contributed by atoms with Crippen molar-refractivity contribution in [1.29, 1.82) is 0 Å². The van der Waals surface area contributed by atoms with E-state index in [-0.39, 0.29) is 5.69 Å². The molecule has 0 atom stereocenters. The van der Waals surface area contributed by atoms with Crippen LogP contribution in [0.5, 0.6) is 0 Å². The largest absolute Gasteiger partial charge is 0.364 e. The fourth-order valence-corrected chi connectivity index (χ4v) is 3.27. The number of rotatable bonds is 7. The number of pyridine rings is 2. The molecule has 0 radical (unpaired) electrons. The molecule has 0 saturated carbocycles. The molecule has 7 heteroatoms. The van der Waals surface area contributed by atoms with Crippen molar-refractivity contribution >= 4 is 16.8 Å². The molecule has 0 bridgehead atoms. The third-order valence-electron chi connectivity index (χ3n) is 4.76. The number of carbonyl (C=O) groups excluding carboxylic acids is 1. The molecule has 1 amide bonds. The van der Waals surface area contributed by atoms with Crippen LogP contribution in [0, 0.1) is 0 Å². The molecule has 0 aliphatic carbocycles. The lowest BCUT2D eigenvalue weighted by molar-refractivity contribution is 0.0995. The lowest BCUT2D eigenvalue weighted by Gasteiger charge is -2.07. The Morgan fingerprint density at radius 3 is 2.69 bits per heavy atom. The van der Waals surface area contributed by atoms with E-state index < -0.39 is 5.91 Å². The van der Waals surface area contributed by atoms with E-state index in [0.29, 0.717) is 12.4 Å². The van der Waals surface area contributed by atoms with Crippen LogP contribution in [0.1, 0.15) is 29.0 Å². The first-order valence-corrected chi connectivity index (χ1v) is 9.57. The van der Waals surface area contributed by atoms with Gasteiger partial charge in [-0.25, -0.2) is 9.67 Å². The summed E-state index contributed by atoms with van der Waals surface area (Å²) in [6, 6.07) is 17.3. The summed E-state index contributed by atoms with van der Waals surface area (Å²) < 4.78 is 1.70. The zero-order valence-corrected chi connectivity index (χ0v) is 16.0. The molecule has 0 spiro atoms. The number of aromatic nitrogens is 4. The molecule has 0 aliphatic heterocycles. The van der Waals surface area contributed by atoms with E-state index >= 15 is 0 Å². The van der Waals surface area contributed by atoms with Crippen LogP contribution in [-0.2, 0) is 6.42 Å². The van der Waals surface area contributed by atoms with Crippen molar-refractivity contribution in [2.45, 2.75) is 19.3 Å². The molecule has 3 heterocycles. The number of hydrogen-bond donors (Lipinski definition) is 2. The second kappa shape index (κ2) is 8.20. The molecular weight excluding hydrogens is 364 g/mol. The highest BCUT2D eigenvalue weighted by Gasteiger charge is 2.11. The monoisotopic (exact) mass is 386 g/mol. The van der Waals surface area contributed by atoms with Gasteiger partial charge in [0, 0.05) is 16.6 Å². The van der Waals surface area contributed by atoms with Gasteiger partial charge in [0.25, 0.3) is 5.91 Å². The number of nitrogens with two attached hydrogens (primary N) is 2. The van der Waals surface area contributed by atoms with Crippen molar-refractivity contribution < 1.29 is 4.79 Å². The minimum Gasteiger partial charge on any atom is -0.364 e. The van der Waals surface area contributed by atoms with Crippen molar-refractivity contribution in [3.05, 3.63) is 72.2 Å². The average molecular weight is 386 g/mol. The highest BCUT2D eigenvalue weighted by atomic mass is 16.1. The second-order valence-electron chi connectivity index (χ2n) is 6.84. The summed E-state index contributed by atoms with van der Waals surface area (Å²) in [4.78, 5) is 20.6. The Bertz CT molecular complexity index is 1170. The van der Waals surface area contributed by atoms with Gasteiger partial charge in [0.05, 0.1) is 17.4 Å². The number of fused-ring (bicyclic) bond motifs is 1. The van der Waals surface area contributed by atoms with E-state index in [1.807, 2.05) is 36.4 Å². The first kappa shape index (κ1) is 18.8. The lowest BCUT2D eigenvalue weighted by atomic mass is 10.1. The van der Waals surface area contributed by atoms with E-state index in [0.717, 1.165) is 47.1 Å². The van der Waals surface area contributed by atoms with Gasteiger partial charge in [0.15, 0.2) is 5.82 Å². The van der Waals surface area contributed by atoms with E-state index in [1.165, 1.54) is 0 Å². The van der Waals surface area contributed by atoms with Crippen molar-refractivity contribution in [1.82, 2.24) is 19.7 Å². The molecule has 0 fully saturated rings. The molecule has 1 aromatic carbocycles. The lowest BCUT2D eigenvalue weighted by Crippen LogP contribution is -2.14. The number of benzene rings is 1. The summed E-state index contributed by atoms with van der Waals surface area (Å²) in [7, 11) is 0. The SMILES string of the molecule is NCCCCc1cccc(-c2ccc3cnn(-c4cccc(C(N)=O)n4)c3c2)n1. The summed E-state index contributed by atoms with van der Waals surface area (Å²) in [6.45, 7) is 0.700. The topological polar surface area (TPSA) is 113 Å². The molecule has 4 N–H and O–H groups in total. The maximum absolute atomic E-state index is 11.5. The number of primary amides is 1. The van der Waals surface area contributed by atoms with E-state index in [9.17, 15) is 4.79 Å². The normalized spacial score (nSPS) is 11.1. The number of amides is 1. The van der Waals surface area contributed by atoms with Gasteiger partial charge >= 0.3 is 0 Å². The zero-order chi connectivity index (χ0) is 20.2. The zero-order valence-electron chi connectivity index (χ0n) is 16.0. The summed E-state index contributed by atoms with van der Waals surface area (Å²) in [5, 5.41) is 5.41. The second-order valence-corrected chi connectivity index (χ2v) is 6.84. The van der Waals surface area contributed by atoms with Gasteiger partial charge in [-0.15, -0.1) is 0 Å². The Kier molecular flexibility index (Phi) is 5.31. The smallest absolute Gasteiger partial charge is 0.267 e. The maximum Gasteiger partial charge on any atom is 0.267 e. The van der Waals surface area contributed by atoms with Crippen LogP contribution >= 0.6 is 0 Å². The molecule has 7 nitrogen and oxygen atoms in total. The molecule has 146 valence electrons. The van der Waals surface area contributed by atoms with Crippen LogP contribution in [0.25, 0.3) is 28.0 Å². The van der Waals surface area contributed by atoms with Crippen molar-refractivity contribution in [2.75, 3.05) is 6.54 Å². The molecule has 4 aromatic rings. The average Bonchev–Trinajstić information content (AvgIpc) is 3.17. The molecule has 0 unspecified atom stereocenters. The highest BCUT2D eigenvalue weighted by molar-refractivity contribution is 5.91. The van der Waals surface area contributed by atoms with Crippen LogP contribution in [0.4, 0.5) is 0 Å². The fraction of sp³-hybridized carbons (Fsp3) is 0.182. The fourth-order valence-electron chi connectivity index (χ4n) is 3.27. The van der Waals surface area contributed by atoms with Crippen molar-refractivity contribution in [3.8, 4) is 17.1 Å². The third-order valence-corrected chi connectivity index (χ3v) is 4.76. The number of unbranched alkanes of at least 4 members (excludes halogenated alkanes) is 1. The molecule has 0 aliphatic rings. The molecule has 29 heavy (non-hydrogen) atoms. The summed E-state index contributed by atoms with van der Waals surface area (Å²) in [5.74, 6) is -0.0309. The van der Waals surface area contributed by atoms with Gasteiger partial charge < -0.3 is 11.5 Å². The standard InChI is InChI=1S/C22H22N6O/c23-12-2-1-5-17-6-3-7-18(26-17)15-10-11-16-14-25-28(20(16)13-15)21-9-4-8-19(27-21)22(24)29/h3-4,6-11,13-14H,1-2,5,12,23H2,(H2,24,29). The molecule has 4 rings (SSSR count). The molecule has 3 aromatic heterocycles. The highest BCUT2D eigenvalue weighted by Crippen LogP contribution is 2.25. The molecule has 0 saturated heterocycles. The van der Waals surface area contributed by atoms with E-state index in [4.69, 9.17) is 16.5 Å². The minimum atomic E-state index is -0.570. The first-order valence-electron chi connectivity index (χ1n) is 9.57. The van der Waals surface area contributed by atoms with Gasteiger partial charge in [-0.05, 0) is 56.1 Å². The Hall–Kier alpha value is -3.58. The van der Waals surface area contributed by atoms with Crippen molar-refractivity contribution in [2.24, 2.45) is 11.5 Å².